The van der Waals surface area contributed by atoms with Crippen molar-refractivity contribution >= 4 is 39.3 Å². The van der Waals surface area contributed by atoms with Crippen LogP contribution in [0.3, 0.4) is 0 Å². The van der Waals surface area contributed by atoms with Gasteiger partial charge in [0.1, 0.15) is 0 Å². The van der Waals surface area contributed by atoms with Crippen LogP contribution in [0.5, 0.6) is 0 Å². The first-order chi connectivity index (χ1) is 13.4. The molecule has 28 heavy (non-hydrogen) atoms. The number of rotatable bonds is 4. The van der Waals surface area contributed by atoms with E-state index in [2.05, 4.69) is 15.2 Å². The first-order valence-corrected chi connectivity index (χ1v) is 11.2. The Kier molecular flexibility index (Phi) is 5.31. The SMILES string of the molecule is O=C(Nc1cccc(Cl)c1)c1nc(CN2CCS(O)(O)CC2)c2ccccn12. The molecule has 7 nitrogen and oxygen atoms in total. The molecule has 4 rings (SSSR count). The Balaban J connectivity index is 1.58. The number of pyridine rings is 1. The zero-order valence-corrected chi connectivity index (χ0v) is 16.7. The van der Waals surface area contributed by atoms with Gasteiger partial charge in [0.25, 0.3) is 5.91 Å². The summed E-state index contributed by atoms with van der Waals surface area (Å²) in [4.78, 5) is 19.5. The molecule has 0 saturated carbocycles. The molecule has 1 saturated heterocycles. The average molecular weight is 421 g/mol. The van der Waals surface area contributed by atoms with E-state index in [4.69, 9.17) is 11.6 Å². The van der Waals surface area contributed by atoms with Crippen molar-refractivity contribution in [3.63, 3.8) is 0 Å². The topological polar surface area (TPSA) is 90.1 Å². The molecule has 0 spiro atoms. The number of anilines is 1. The Morgan fingerprint density at radius 1 is 1.18 bits per heavy atom. The van der Waals surface area contributed by atoms with Gasteiger partial charge < -0.3 is 5.32 Å². The fourth-order valence-corrected chi connectivity index (χ4v) is 4.76. The first-order valence-electron chi connectivity index (χ1n) is 8.90. The zero-order valence-electron chi connectivity index (χ0n) is 15.1. The molecule has 1 aromatic carbocycles. The Morgan fingerprint density at radius 3 is 2.71 bits per heavy atom. The van der Waals surface area contributed by atoms with Crippen LogP contribution in [0.1, 0.15) is 16.3 Å². The van der Waals surface area contributed by atoms with Crippen molar-refractivity contribution in [3.05, 3.63) is 65.2 Å². The molecule has 2 aromatic heterocycles. The maximum atomic E-state index is 12.8. The molecule has 3 N–H and O–H groups in total. The third-order valence-corrected chi connectivity index (χ3v) is 6.66. The van der Waals surface area contributed by atoms with Gasteiger partial charge >= 0.3 is 0 Å². The minimum Gasteiger partial charge on any atom is -0.319 e. The molecule has 1 aliphatic rings. The number of aromatic nitrogens is 2. The summed E-state index contributed by atoms with van der Waals surface area (Å²) < 4.78 is 21.4. The van der Waals surface area contributed by atoms with E-state index in [9.17, 15) is 13.9 Å². The Bertz CT molecular complexity index is 1010. The highest BCUT2D eigenvalue weighted by Gasteiger charge is 2.24. The molecule has 3 heterocycles. The van der Waals surface area contributed by atoms with Crippen LogP contribution < -0.4 is 5.32 Å². The highest BCUT2D eigenvalue weighted by Crippen LogP contribution is 2.40. The van der Waals surface area contributed by atoms with E-state index in [-0.39, 0.29) is 5.91 Å². The van der Waals surface area contributed by atoms with E-state index < -0.39 is 10.6 Å². The average Bonchev–Trinajstić information content (AvgIpc) is 3.02. The number of hydrogen-bond acceptors (Lipinski definition) is 5. The molecule has 0 bridgehead atoms. The molecule has 0 unspecified atom stereocenters. The van der Waals surface area contributed by atoms with Gasteiger partial charge in [-0.05, 0) is 30.3 Å². The summed E-state index contributed by atoms with van der Waals surface area (Å²) in [5.74, 6) is 0.733. The number of halogens is 1. The molecule has 148 valence electrons. The molecule has 0 radical (unpaired) electrons. The monoisotopic (exact) mass is 420 g/mol. The summed E-state index contributed by atoms with van der Waals surface area (Å²) in [5.41, 5.74) is 2.25. The molecule has 1 amide bonds. The number of benzene rings is 1. The van der Waals surface area contributed by atoms with E-state index >= 15 is 0 Å². The highest BCUT2D eigenvalue weighted by atomic mass is 35.5. The van der Waals surface area contributed by atoms with Crippen LogP contribution in [0.2, 0.25) is 5.02 Å². The van der Waals surface area contributed by atoms with Gasteiger partial charge in [0, 0.05) is 36.5 Å². The summed E-state index contributed by atoms with van der Waals surface area (Å²) in [7, 11) is -2.44. The maximum Gasteiger partial charge on any atom is 0.292 e. The molecular formula is C19H21ClN4O3S. The van der Waals surface area contributed by atoms with Gasteiger partial charge in [-0.2, -0.15) is 10.6 Å². The molecule has 3 aromatic rings. The minimum absolute atomic E-state index is 0.298. The number of nitrogens with zero attached hydrogens (tertiary/aromatic N) is 3. The lowest BCUT2D eigenvalue weighted by molar-refractivity contribution is 0.101. The van der Waals surface area contributed by atoms with Crippen molar-refractivity contribution in [1.29, 1.82) is 0 Å². The second-order valence-corrected chi connectivity index (χ2v) is 9.65. The number of carbonyl (C=O) groups excluding carboxylic acids is 1. The lowest BCUT2D eigenvalue weighted by Gasteiger charge is -2.40. The molecule has 9 heteroatoms. The highest BCUT2D eigenvalue weighted by molar-refractivity contribution is 8.24. The van der Waals surface area contributed by atoms with Gasteiger partial charge in [-0.1, -0.05) is 23.7 Å². The maximum absolute atomic E-state index is 12.8. The van der Waals surface area contributed by atoms with E-state index in [1.165, 1.54) is 0 Å². The lowest BCUT2D eigenvalue weighted by atomic mass is 10.3. The predicted octanol–water partition coefficient (Wildman–Crippen LogP) is 3.81. The predicted molar refractivity (Wildman–Crippen MR) is 112 cm³/mol. The normalized spacial score (nSPS) is 18.1. The van der Waals surface area contributed by atoms with E-state index in [0.717, 1.165) is 11.2 Å². The molecule has 1 aliphatic heterocycles. The fourth-order valence-electron chi connectivity index (χ4n) is 3.27. The lowest BCUT2D eigenvalue weighted by Crippen LogP contribution is -2.37. The van der Waals surface area contributed by atoms with Gasteiger partial charge in [0.2, 0.25) is 5.82 Å². The smallest absolute Gasteiger partial charge is 0.292 e. The van der Waals surface area contributed by atoms with Crippen LogP contribution in [0.15, 0.2) is 48.7 Å². The van der Waals surface area contributed by atoms with Crippen LogP contribution in [-0.4, -0.2) is 53.9 Å². The summed E-state index contributed by atoms with van der Waals surface area (Å²) in [6, 6.07) is 12.7. The minimum atomic E-state index is -2.44. The zero-order chi connectivity index (χ0) is 19.7. The number of fused-ring (bicyclic) bond motifs is 1. The van der Waals surface area contributed by atoms with E-state index in [1.807, 2.05) is 24.4 Å². The number of imidazole rings is 1. The second kappa shape index (κ2) is 7.73. The third kappa shape index (κ3) is 4.16. The van der Waals surface area contributed by atoms with E-state index in [0.29, 0.717) is 47.7 Å². The van der Waals surface area contributed by atoms with Crippen molar-refractivity contribution in [2.75, 3.05) is 29.9 Å². The first kappa shape index (κ1) is 19.2. The van der Waals surface area contributed by atoms with Crippen LogP contribution in [0.4, 0.5) is 5.69 Å². The second-order valence-electron chi connectivity index (χ2n) is 6.79. The standard InChI is InChI=1S/C19H21ClN4O3S/c20-14-4-3-5-15(12-14)21-19(25)18-22-16(17-6-1-2-7-24(17)18)13-23-8-10-28(26,27)11-9-23/h1-7,12,26-27H,8-11,13H2,(H,21,25). The Morgan fingerprint density at radius 2 is 1.96 bits per heavy atom. The molecule has 0 aliphatic carbocycles. The van der Waals surface area contributed by atoms with Crippen LogP contribution in [0.25, 0.3) is 5.52 Å². The van der Waals surface area contributed by atoms with E-state index in [1.54, 1.807) is 28.7 Å². The summed E-state index contributed by atoms with van der Waals surface area (Å²) in [6.45, 7) is 1.74. The largest absolute Gasteiger partial charge is 0.319 e. The van der Waals surface area contributed by atoms with Crippen molar-refractivity contribution in [2.24, 2.45) is 0 Å². The van der Waals surface area contributed by atoms with Crippen molar-refractivity contribution in [3.8, 4) is 0 Å². The fraction of sp³-hybridized carbons (Fsp3) is 0.263. The van der Waals surface area contributed by atoms with Crippen LogP contribution in [0, 0.1) is 0 Å². The molecule has 0 atom stereocenters. The Labute approximate surface area is 169 Å². The van der Waals surface area contributed by atoms with Gasteiger partial charge in [-0.15, -0.1) is 0 Å². The molecule has 1 fully saturated rings. The van der Waals surface area contributed by atoms with Crippen LogP contribution >= 0.6 is 22.2 Å². The van der Waals surface area contributed by atoms with Crippen molar-refractivity contribution < 1.29 is 13.9 Å². The van der Waals surface area contributed by atoms with Gasteiger partial charge in [0.05, 0.1) is 22.7 Å². The number of nitrogens with one attached hydrogen (secondary N) is 1. The van der Waals surface area contributed by atoms with Crippen molar-refractivity contribution in [1.82, 2.24) is 14.3 Å². The third-order valence-electron chi connectivity index (χ3n) is 4.75. The number of amides is 1. The quantitative estimate of drug-likeness (QED) is 0.597. The van der Waals surface area contributed by atoms with Gasteiger partial charge in [-0.25, -0.2) is 4.98 Å². The molecular weight excluding hydrogens is 400 g/mol. The van der Waals surface area contributed by atoms with Crippen LogP contribution in [-0.2, 0) is 6.54 Å². The van der Waals surface area contributed by atoms with Gasteiger partial charge in [-0.3, -0.25) is 23.2 Å². The summed E-state index contributed by atoms with van der Waals surface area (Å²) in [6.07, 6.45) is 1.81. The summed E-state index contributed by atoms with van der Waals surface area (Å²) in [5, 5.41) is 3.38. The van der Waals surface area contributed by atoms with Gasteiger partial charge in [0.15, 0.2) is 0 Å². The van der Waals surface area contributed by atoms with Crippen molar-refractivity contribution in [2.45, 2.75) is 6.54 Å². The Hall–Kier alpha value is -2.10. The number of hydrogen-bond donors (Lipinski definition) is 3. The number of carbonyl (C=O) groups is 1. The summed E-state index contributed by atoms with van der Waals surface area (Å²) >= 11 is 5.99.